The lowest BCUT2D eigenvalue weighted by atomic mass is 10.0. The smallest absolute Gasteiger partial charge is 0.254 e. The molecule has 2 amide bonds. The van der Waals surface area contributed by atoms with Gasteiger partial charge in [-0.1, -0.05) is 37.3 Å². The van der Waals surface area contributed by atoms with Crippen LogP contribution in [0.15, 0.2) is 48.5 Å². The Labute approximate surface area is 180 Å². The summed E-state index contributed by atoms with van der Waals surface area (Å²) in [6.45, 7) is 7.67. The maximum atomic E-state index is 13.1. The van der Waals surface area contributed by atoms with E-state index < -0.39 is 0 Å². The van der Waals surface area contributed by atoms with Crippen molar-refractivity contribution in [1.82, 2.24) is 9.80 Å². The molecule has 3 rings (SSSR count). The van der Waals surface area contributed by atoms with Crippen LogP contribution in [-0.4, -0.2) is 47.8 Å². The lowest BCUT2D eigenvalue weighted by molar-refractivity contribution is -0.121. The third kappa shape index (κ3) is 4.90. The molecule has 2 unspecified atom stereocenters. The zero-order valence-corrected chi connectivity index (χ0v) is 18.5. The van der Waals surface area contributed by atoms with Gasteiger partial charge in [-0.05, 0) is 76.0 Å². The Hall–Kier alpha value is -2.66. The maximum Gasteiger partial charge on any atom is 0.254 e. The van der Waals surface area contributed by atoms with Crippen LogP contribution in [0, 0.1) is 6.92 Å². The van der Waals surface area contributed by atoms with Crippen LogP contribution in [0.3, 0.4) is 0 Å². The van der Waals surface area contributed by atoms with Crippen LogP contribution in [0.4, 0.5) is 5.69 Å². The van der Waals surface area contributed by atoms with Gasteiger partial charge < -0.3 is 10.2 Å². The van der Waals surface area contributed by atoms with E-state index in [-0.39, 0.29) is 23.9 Å². The molecule has 0 saturated carbocycles. The first-order valence-corrected chi connectivity index (χ1v) is 10.9. The number of likely N-dealkylation sites (tertiary alicyclic amines) is 1. The quantitative estimate of drug-likeness (QED) is 0.759. The fourth-order valence-corrected chi connectivity index (χ4v) is 4.13. The lowest BCUT2D eigenvalue weighted by Gasteiger charge is -2.33. The van der Waals surface area contributed by atoms with Crippen LogP contribution in [0.25, 0.3) is 0 Å². The van der Waals surface area contributed by atoms with Crippen LogP contribution in [-0.2, 0) is 4.79 Å². The predicted molar refractivity (Wildman–Crippen MR) is 122 cm³/mol. The van der Waals surface area contributed by atoms with Gasteiger partial charge in [0.1, 0.15) is 6.04 Å². The summed E-state index contributed by atoms with van der Waals surface area (Å²) in [6.07, 6.45) is 3.31. The monoisotopic (exact) mass is 407 g/mol. The van der Waals surface area contributed by atoms with Crippen LogP contribution >= 0.6 is 0 Å². The van der Waals surface area contributed by atoms with E-state index in [9.17, 15) is 9.59 Å². The molecule has 1 N–H and O–H groups in total. The van der Waals surface area contributed by atoms with Gasteiger partial charge in [-0.25, -0.2) is 0 Å². The Morgan fingerprint density at radius 1 is 1.17 bits per heavy atom. The Morgan fingerprint density at radius 2 is 1.90 bits per heavy atom. The van der Waals surface area contributed by atoms with E-state index in [0.717, 1.165) is 42.7 Å². The molecule has 0 bridgehead atoms. The first-order chi connectivity index (χ1) is 14.4. The van der Waals surface area contributed by atoms with E-state index in [4.69, 9.17) is 0 Å². The molecule has 0 aliphatic carbocycles. The molecule has 1 heterocycles. The standard InChI is InChI=1S/C25H33N3O2/c1-5-27(4)23(20-12-7-6-8-13-20)24(29)26-22-15-14-21(17-18(22)2)25(30)28-16-10-9-11-19(28)3/h6-8,12-15,17,19,23H,5,9-11,16H2,1-4H3,(H,26,29). The second-order valence-corrected chi connectivity index (χ2v) is 8.25. The number of carbonyl (C=O) groups excluding carboxylic acids is 2. The minimum Gasteiger partial charge on any atom is -0.336 e. The van der Waals surface area contributed by atoms with Crippen molar-refractivity contribution >= 4 is 17.5 Å². The van der Waals surface area contributed by atoms with E-state index >= 15 is 0 Å². The summed E-state index contributed by atoms with van der Waals surface area (Å²) in [4.78, 5) is 30.1. The third-order valence-corrected chi connectivity index (χ3v) is 6.10. The van der Waals surface area contributed by atoms with Gasteiger partial charge in [-0.15, -0.1) is 0 Å². The molecule has 2 aromatic rings. The van der Waals surface area contributed by atoms with Crippen LogP contribution in [0.5, 0.6) is 0 Å². The van der Waals surface area contributed by atoms with Gasteiger partial charge in [0, 0.05) is 23.8 Å². The molecule has 2 aromatic carbocycles. The number of nitrogens with one attached hydrogen (secondary N) is 1. The van der Waals surface area contributed by atoms with Crippen molar-refractivity contribution in [2.75, 3.05) is 25.5 Å². The number of aryl methyl sites for hydroxylation is 1. The Morgan fingerprint density at radius 3 is 2.53 bits per heavy atom. The molecule has 1 aliphatic heterocycles. The van der Waals surface area contributed by atoms with Gasteiger partial charge >= 0.3 is 0 Å². The first kappa shape index (κ1) is 22.0. The highest BCUT2D eigenvalue weighted by Crippen LogP contribution is 2.25. The average Bonchev–Trinajstić information content (AvgIpc) is 2.75. The molecule has 1 aliphatic rings. The molecule has 1 saturated heterocycles. The van der Waals surface area contributed by atoms with Crippen molar-refractivity contribution in [2.24, 2.45) is 0 Å². The van der Waals surface area contributed by atoms with Gasteiger partial charge in [-0.3, -0.25) is 14.5 Å². The summed E-state index contributed by atoms with van der Waals surface area (Å²) in [5.74, 6) is 0.00781. The number of carbonyl (C=O) groups is 2. The van der Waals surface area contributed by atoms with Crippen molar-refractivity contribution in [1.29, 1.82) is 0 Å². The minimum atomic E-state index is -0.369. The summed E-state index contributed by atoms with van der Waals surface area (Å²) < 4.78 is 0. The molecular weight excluding hydrogens is 374 g/mol. The van der Waals surface area contributed by atoms with E-state index in [1.54, 1.807) is 0 Å². The van der Waals surface area contributed by atoms with E-state index in [2.05, 4.69) is 12.2 Å². The molecule has 5 nitrogen and oxygen atoms in total. The topological polar surface area (TPSA) is 52.7 Å². The zero-order chi connectivity index (χ0) is 21.7. The summed E-state index contributed by atoms with van der Waals surface area (Å²) in [6, 6.07) is 15.3. The molecule has 2 atom stereocenters. The highest BCUT2D eigenvalue weighted by Gasteiger charge is 2.26. The highest BCUT2D eigenvalue weighted by molar-refractivity contribution is 5.98. The van der Waals surface area contributed by atoms with E-state index in [1.807, 2.05) is 79.2 Å². The van der Waals surface area contributed by atoms with Crippen LogP contribution in [0.2, 0.25) is 0 Å². The number of likely N-dealkylation sites (N-methyl/N-ethyl adjacent to an activating group) is 1. The number of amides is 2. The van der Waals surface area contributed by atoms with Gasteiger partial charge in [0.2, 0.25) is 5.91 Å². The van der Waals surface area contributed by atoms with Crippen molar-refractivity contribution in [2.45, 2.75) is 52.1 Å². The zero-order valence-electron chi connectivity index (χ0n) is 18.5. The molecule has 160 valence electrons. The largest absolute Gasteiger partial charge is 0.336 e. The summed E-state index contributed by atoms with van der Waals surface area (Å²) in [5, 5.41) is 3.07. The summed E-state index contributed by atoms with van der Waals surface area (Å²) >= 11 is 0. The second kappa shape index (κ2) is 9.90. The average molecular weight is 408 g/mol. The SMILES string of the molecule is CCN(C)C(C(=O)Nc1ccc(C(=O)N2CCCCC2C)cc1C)c1ccccc1. The fourth-order valence-electron chi connectivity index (χ4n) is 4.13. The van der Waals surface area contributed by atoms with E-state index in [1.165, 1.54) is 6.42 Å². The molecule has 5 heteroatoms. The highest BCUT2D eigenvalue weighted by atomic mass is 16.2. The lowest BCUT2D eigenvalue weighted by Crippen LogP contribution is -2.42. The van der Waals surface area contributed by atoms with Crippen LogP contribution < -0.4 is 5.32 Å². The Kier molecular flexibility index (Phi) is 7.27. The first-order valence-electron chi connectivity index (χ1n) is 10.9. The normalized spacial score (nSPS) is 17.6. The number of hydrogen-bond donors (Lipinski definition) is 1. The van der Waals surface area contributed by atoms with Crippen LogP contribution in [0.1, 0.15) is 60.6 Å². The second-order valence-electron chi connectivity index (χ2n) is 8.25. The van der Waals surface area contributed by atoms with Gasteiger partial charge in [0.05, 0.1) is 0 Å². The Balaban J connectivity index is 1.77. The number of benzene rings is 2. The molecule has 0 spiro atoms. The summed E-state index contributed by atoms with van der Waals surface area (Å²) in [7, 11) is 1.95. The molecule has 1 fully saturated rings. The van der Waals surface area contributed by atoms with E-state index in [0.29, 0.717) is 5.56 Å². The molecule has 30 heavy (non-hydrogen) atoms. The summed E-state index contributed by atoms with van der Waals surface area (Å²) in [5.41, 5.74) is 3.28. The van der Waals surface area contributed by atoms with Crippen molar-refractivity contribution < 1.29 is 9.59 Å². The number of nitrogens with zero attached hydrogens (tertiary/aromatic N) is 2. The van der Waals surface area contributed by atoms with Gasteiger partial charge in [0.25, 0.3) is 5.91 Å². The third-order valence-electron chi connectivity index (χ3n) is 6.10. The number of hydrogen-bond acceptors (Lipinski definition) is 3. The van der Waals surface area contributed by atoms with Crippen molar-refractivity contribution in [3.63, 3.8) is 0 Å². The Bertz CT molecular complexity index is 881. The minimum absolute atomic E-state index is 0.0719. The maximum absolute atomic E-state index is 13.1. The van der Waals surface area contributed by atoms with Crippen molar-refractivity contribution in [3.05, 3.63) is 65.2 Å². The van der Waals surface area contributed by atoms with Gasteiger partial charge in [-0.2, -0.15) is 0 Å². The number of piperidine rings is 1. The molecule has 0 aromatic heterocycles. The fraction of sp³-hybridized carbons (Fsp3) is 0.440. The number of rotatable bonds is 6. The molecule has 0 radical (unpaired) electrons. The predicted octanol–water partition coefficient (Wildman–Crippen LogP) is 4.64. The molecular formula is C25H33N3O2. The van der Waals surface area contributed by atoms with Crippen molar-refractivity contribution in [3.8, 4) is 0 Å². The number of anilines is 1. The van der Waals surface area contributed by atoms with Gasteiger partial charge in [0.15, 0.2) is 0 Å².